The van der Waals surface area contributed by atoms with Crippen molar-refractivity contribution in [3.63, 3.8) is 0 Å². The Bertz CT molecular complexity index is 318. The summed E-state index contributed by atoms with van der Waals surface area (Å²) in [5.41, 5.74) is 0.689. The number of aliphatic hydroxyl groups excluding tert-OH is 1. The number of hydrogen-bond donors (Lipinski definition) is 1. The van der Waals surface area contributed by atoms with Gasteiger partial charge in [0.25, 0.3) is 0 Å². The standard InChI is InChI=1S/C12H17ClO3/c13-12-10(6-8-16-12)11(14)5-1-3-9-4-2-7-15-9/h6,8-9,11,14H,1-5,7H2. The van der Waals surface area contributed by atoms with Crippen LogP contribution in [-0.4, -0.2) is 17.8 Å². The number of halogens is 1. The zero-order valence-corrected chi connectivity index (χ0v) is 9.95. The van der Waals surface area contributed by atoms with E-state index in [2.05, 4.69) is 0 Å². The van der Waals surface area contributed by atoms with Crippen LogP contribution in [0.1, 0.15) is 43.8 Å². The van der Waals surface area contributed by atoms with Gasteiger partial charge in [0.15, 0.2) is 5.22 Å². The molecule has 2 rings (SSSR count). The first-order chi connectivity index (χ1) is 7.77. The highest BCUT2D eigenvalue weighted by Crippen LogP contribution is 2.28. The lowest BCUT2D eigenvalue weighted by Gasteiger charge is -2.11. The van der Waals surface area contributed by atoms with Crippen LogP contribution in [0.4, 0.5) is 0 Å². The summed E-state index contributed by atoms with van der Waals surface area (Å²) in [5, 5.41) is 10.2. The third-order valence-corrected chi connectivity index (χ3v) is 3.34. The molecule has 1 aromatic heterocycles. The summed E-state index contributed by atoms with van der Waals surface area (Å²) in [6, 6.07) is 1.72. The zero-order valence-electron chi connectivity index (χ0n) is 9.19. The van der Waals surface area contributed by atoms with Crippen LogP contribution in [0, 0.1) is 0 Å². The molecule has 2 heterocycles. The van der Waals surface area contributed by atoms with Gasteiger partial charge in [-0.05, 0) is 49.8 Å². The molecule has 1 aliphatic heterocycles. The lowest BCUT2D eigenvalue weighted by Crippen LogP contribution is -2.05. The molecule has 0 radical (unpaired) electrons. The van der Waals surface area contributed by atoms with Gasteiger partial charge >= 0.3 is 0 Å². The van der Waals surface area contributed by atoms with E-state index in [0.29, 0.717) is 23.3 Å². The van der Waals surface area contributed by atoms with Gasteiger partial charge in [-0.1, -0.05) is 0 Å². The van der Waals surface area contributed by atoms with Gasteiger partial charge in [0.1, 0.15) is 0 Å². The molecule has 0 bridgehead atoms. The Hall–Kier alpha value is -0.510. The van der Waals surface area contributed by atoms with Crippen molar-refractivity contribution in [1.29, 1.82) is 0 Å². The first-order valence-corrected chi connectivity index (χ1v) is 6.17. The minimum Gasteiger partial charge on any atom is -0.453 e. The molecule has 1 aliphatic rings. The van der Waals surface area contributed by atoms with E-state index in [1.54, 1.807) is 6.07 Å². The van der Waals surface area contributed by atoms with E-state index in [9.17, 15) is 5.11 Å². The van der Waals surface area contributed by atoms with E-state index in [1.807, 2.05) is 0 Å². The fourth-order valence-electron chi connectivity index (χ4n) is 2.11. The largest absolute Gasteiger partial charge is 0.453 e. The second-order valence-electron chi connectivity index (χ2n) is 4.23. The molecule has 3 nitrogen and oxygen atoms in total. The summed E-state index contributed by atoms with van der Waals surface area (Å²) in [5.74, 6) is 0. The molecule has 16 heavy (non-hydrogen) atoms. The van der Waals surface area contributed by atoms with E-state index in [-0.39, 0.29) is 0 Å². The molecule has 0 saturated carbocycles. The van der Waals surface area contributed by atoms with Crippen LogP contribution >= 0.6 is 11.6 Å². The maximum absolute atomic E-state index is 9.88. The number of furan rings is 1. The number of rotatable bonds is 5. The van der Waals surface area contributed by atoms with Crippen molar-refractivity contribution < 1.29 is 14.3 Å². The van der Waals surface area contributed by atoms with Crippen molar-refractivity contribution in [1.82, 2.24) is 0 Å². The average molecular weight is 245 g/mol. The first kappa shape index (κ1) is 12.0. The summed E-state index contributed by atoms with van der Waals surface area (Å²) < 4.78 is 10.5. The van der Waals surface area contributed by atoms with Gasteiger partial charge in [-0.2, -0.15) is 0 Å². The molecule has 4 heteroatoms. The average Bonchev–Trinajstić information content (AvgIpc) is 2.88. The molecule has 2 unspecified atom stereocenters. The molecular weight excluding hydrogens is 228 g/mol. The topological polar surface area (TPSA) is 42.6 Å². The number of ether oxygens (including phenoxy) is 1. The Balaban J connectivity index is 1.71. The zero-order chi connectivity index (χ0) is 11.4. The molecule has 1 aromatic rings. The Labute approximate surface area is 100 Å². The number of hydrogen-bond acceptors (Lipinski definition) is 3. The second-order valence-corrected chi connectivity index (χ2v) is 4.57. The summed E-state index contributed by atoms with van der Waals surface area (Å²) in [4.78, 5) is 0. The minimum atomic E-state index is -0.521. The van der Waals surface area contributed by atoms with E-state index in [4.69, 9.17) is 20.8 Å². The minimum absolute atomic E-state index is 0.296. The third-order valence-electron chi connectivity index (χ3n) is 3.03. The van der Waals surface area contributed by atoms with Crippen LogP contribution in [-0.2, 0) is 4.74 Å². The van der Waals surface area contributed by atoms with Gasteiger partial charge in [-0.3, -0.25) is 0 Å². The molecule has 1 fully saturated rings. The van der Waals surface area contributed by atoms with Crippen molar-refractivity contribution in [3.05, 3.63) is 23.1 Å². The fraction of sp³-hybridized carbons (Fsp3) is 0.667. The smallest absolute Gasteiger partial charge is 0.198 e. The fourth-order valence-corrected chi connectivity index (χ4v) is 2.35. The predicted octanol–water partition coefficient (Wildman–Crippen LogP) is 3.32. The van der Waals surface area contributed by atoms with Gasteiger partial charge in [-0.25, -0.2) is 0 Å². The van der Waals surface area contributed by atoms with Gasteiger partial charge in [-0.15, -0.1) is 0 Å². The van der Waals surface area contributed by atoms with Crippen LogP contribution in [0.2, 0.25) is 5.22 Å². The van der Waals surface area contributed by atoms with Gasteiger partial charge in [0.2, 0.25) is 0 Å². The number of aliphatic hydroxyl groups is 1. The van der Waals surface area contributed by atoms with Crippen LogP contribution < -0.4 is 0 Å². The van der Waals surface area contributed by atoms with Crippen molar-refractivity contribution >= 4 is 11.6 Å². The Morgan fingerprint density at radius 1 is 1.56 bits per heavy atom. The predicted molar refractivity (Wildman–Crippen MR) is 61.5 cm³/mol. The normalized spacial score (nSPS) is 22.5. The quantitative estimate of drug-likeness (QED) is 0.864. The van der Waals surface area contributed by atoms with Crippen LogP contribution in [0.25, 0.3) is 0 Å². The molecule has 2 atom stereocenters. The highest BCUT2D eigenvalue weighted by atomic mass is 35.5. The van der Waals surface area contributed by atoms with Crippen molar-refractivity contribution in [2.24, 2.45) is 0 Å². The molecule has 90 valence electrons. The summed E-state index contributed by atoms with van der Waals surface area (Å²) >= 11 is 5.79. The molecule has 0 amide bonds. The molecule has 0 aliphatic carbocycles. The van der Waals surface area contributed by atoms with Gasteiger partial charge < -0.3 is 14.3 Å². The van der Waals surface area contributed by atoms with Gasteiger partial charge in [0, 0.05) is 12.2 Å². The molecule has 1 saturated heterocycles. The maximum atomic E-state index is 9.88. The maximum Gasteiger partial charge on any atom is 0.198 e. The Morgan fingerprint density at radius 2 is 2.44 bits per heavy atom. The monoisotopic (exact) mass is 244 g/mol. The first-order valence-electron chi connectivity index (χ1n) is 5.80. The SMILES string of the molecule is OC(CCCC1CCCO1)c1ccoc1Cl. The van der Waals surface area contributed by atoms with E-state index in [0.717, 1.165) is 25.9 Å². The lowest BCUT2D eigenvalue weighted by molar-refractivity contribution is 0.0944. The van der Waals surface area contributed by atoms with Gasteiger partial charge in [0.05, 0.1) is 18.5 Å². The van der Waals surface area contributed by atoms with E-state index < -0.39 is 6.10 Å². The lowest BCUT2D eigenvalue weighted by atomic mass is 10.0. The van der Waals surface area contributed by atoms with E-state index >= 15 is 0 Å². The molecular formula is C12H17ClO3. The molecule has 1 N–H and O–H groups in total. The van der Waals surface area contributed by atoms with Crippen molar-refractivity contribution in [2.75, 3.05) is 6.61 Å². The highest BCUT2D eigenvalue weighted by Gasteiger charge is 2.17. The van der Waals surface area contributed by atoms with Crippen molar-refractivity contribution in [3.8, 4) is 0 Å². The van der Waals surface area contributed by atoms with Crippen LogP contribution in [0.3, 0.4) is 0 Å². The van der Waals surface area contributed by atoms with E-state index in [1.165, 1.54) is 12.7 Å². The highest BCUT2D eigenvalue weighted by molar-refractivity contribution is 6.29. The summed E-state index contributed by atoms with van der Waals surface area (Å²) in [6.45, 7) is 0.890. The van der Waals surface area contributed by atoms with Crippen LogP contribution in [0.15, 0.2) is 16.7 Å². The second kappa shape index (κ2) is 5.71. The summed E-state index contributed by atoms with van der Waals surface area (Å²) in [6.07, 6.45) is 6.38. The van der Waals surface area contributed by atoms with Crippen molar-refractivity contribution in [2.45, 2.75) is 44.3 Å². The van der Waals surface area contributed by atoms with Crippen LogP contribution in [0.5, 0.6) is 0 Å². The third kappa shape index (κ3) is 3.00. The summed E-state index contributed by atoms with van der Waals surface area (Å²) in [7, 11) is 0. The Morgan fingerprint density at radius 3 is 3.06 bits per heavy atom. The molecule has 0 aromatic carbocycles. The molecule has 0 spiro atoms. The Kier molecular flexibility index (Phi) is 4.27.